The molecule has 0 aromatic rings. The summed E-state index contributed by atoms with van der Waals surface area (Å²) in [5.41, 5.74) is 0. The van der Waals surface area contributed by atoms with Crippen molar-refractivity contribution in [2.45, 2.75) is 13.0 Å². The summed E-state index contributed by atoms with van der Waals surface area (Å²) in [4.78, 5) is 2.16. The first kappa shape index (κ1) is 9.66. The average molecular weight is 142 g/mol. The van der Waals surface area contributed by atoms with Crippen molar-refractivity contribution in [1.29, 1.82) is 0 Å². The van der Waals surface area contributed by atoms with Crippen LogP contribution in [0.3, 0.4) is 0 Å². The van der Waals surface area contributed by atoms with Crippen LogP contribution in [0, 0.1) is 0 Å². The number of hydrogen-bond acceptors (Lipinski definition) is 2. The molecule has 10 heavy (non-hydrogen) atoms. The van der Waals surface area contributed by atoms with Gasteiger partial charge in [-0.25, -0.2) is 0 Å². The van der Waals surface area contributed by atoms with Gasteiger partial charge in [-0.1, -0.05) is 6.08 Å². The van der Waals surface area contributed by atoms with Crippen LogP contribution >= 0.6 is 0 Å². The molecule has 1 N–H and O–H groups in total. The van der Waals surface area contributed by atoms with E-state index in [1.807, 2.05) is 6.08 Å². The third-order valence-electron chi connectivity index (χ3n) is 1.38. The van der Waals surface area contributed by atoms with Gasteiger partial charge in [0.15, 0.2) is 0 Å². The minimum Gasteiger partial charge on any atom is -0.310 e. The molecule has 2 nitrogen and oxygen atoms in total. The zero-order valence-electron chi connectivity index (χ0n) is 7.22. The largest absolute Gasteiger partial charge is 0.310 e. The van der Waals surface area contributed by atoms with Crippen molar-refractivity contribution in [3.8, 4) is 0 Å². The first-order valence-corrected chi connectivity index (χ1v) is 3.67. The predicted molar refractivity (Wildman–Crippen MR) is 46.2 cm³/mol. The van der Waals surface area contributed by atoms with E-state index in [4.69, 9.17) is 0 Å². The lowest BCUT2D eigenvalue weighted by Gasteiger charge is -2.12. The fourth-order valence-corrected chi connectivity index (χ4v) is 0.599. The van der Waals surface area contributed by atoms with E-state index in [2.05, 4.69) is 37.8 Å². The molecule has 0 aromatic heterocycles. The van der Waals surface area contributed by atoms with E-state index in [1.165, 1.54) is 0 Å². The summed E-state index contributed by atoms with van der Waals surface area (Å²) in [6.45, 7) is 7.89. The molecular formula is C8H18N2. The molecule has 0 aliphatic heterocycles. The van der Waals surface area contributed by atoms with Crippen LogP contribution in [-0.2, 0) is 0 Å². The van der Waals surface area contributed by atoms with Crippen LogP contribution in [0.5, 0.6) is 0 Å². The minimum absolute atomic E-state index is 0.431. The van der Waals surface area contributed by atoms with Crippen molar-refractivity contribution in [2.24, 2.45) is 0 Å². The summed E-state index contributed by atoms with van der Waals surface area (Å²) in [6.07, 6.45) is 1.91. The highest BCUT2D eigenvalue weighted by Gasteiger charge is 1.93. The molecule has 2 heteroatoms. The Labute approximate surface area is 63.9 Å². The summed E-state index contributed by atoms with van der Waals surface area (Å²) < 4.78 is 0. The maximum atomic E-state index is 3.68. The van der Waals surface area contributed by atoms with E-state index < -0.39 is 0 Å². The molecule has 0 spiro atoms. The van der Waals surface area contributed by atoms with Crippen LogP contribution in [0.1, 0.15) is 6.92 Å². The molecular weight excluding hydrogens is 124 g/mol. The first-order valence-electron chi connectivity index (χ1n) is 3.67. The van der Waals surface area contributed by atoms with Crippen LogP contribution in [0.15, 0.2) is 12.7 Å². The van der Waals surface area contributed by atoms with Crippen LogP contribution in [0.2, 0.25) is 0 Å². The van der Waals surface area contributed by atoms with Crippen molar-refractivity contribution >= 4 is 0 Å². The van der Waals surface area contributed by atoms with Gasteiger partial charge in [0.1, 0.15) is 0 Å². The molecule has 0 heterocycles. The maximum absolute atomic E-state index is 3.68. The lowest BCUT2D eigenvalue weighted by Crippen LogP contribution is -2.31. The van der Waals surface area contributed by atoms with Crippen molar-refractivity contribution in [1.82, 2.24) is 10.2 Å². The summed E-state index contributed by atoms with van der Waals surface area (Å²) >= 11 is 0. The van der Waals surface area contributed by atoms with E-state index in [0.717, 1.165) is 13.1 Å². The zero-order valence-corrected chi connectivity index (χ0v) is 7.22. The van der Waals surface area contributed by atoms with E-state index in [0.29, 0.717) is 6.04 Å². The second kappa shape index (κ2) is 5.45. The lowest BCUT2D eigenvalue weighted by molar-refractivity contribution is 0.396. The standard InChI is InChI=1S/C8H18N2/c1-5-8(2)9-6-7-10(3)4/h5,8-9H,1,6-7H2,2-4H3. The Morgan fingerprint density at radius 1 is 1.60 bits per heavy atom. The first-order chi connectivity index (χ1) is 4.66. The zero-order chi connectivity index (χ0) is 7.98. The van der Waals surface area contributed by atoms with Gasteiger partial charge in [-0.15, -0.1) is 6.58 Å². The Hall–Kier alpha value is -0.340. The van der Waals surface area contributed by atoms with Gasteiger partial charge >= 0.3 is 0 Å². The number of nitrogens with zero attached hydrogens (tertiary/aromatic N) is 1. The Morgan fingerprint density at radius 3 is 2.60 bits per heavy atom. The van der Waals surface area contributed by atoms with E-state index in [-0.39, 0.29) is 0 Å². The summed E-state index contributed by atoms with van der Waals surface area (Å²) in [6, 6.07) is 0.431. The lowest BCUT2D eigenvalue weighted by atomic mass is 10.3. The van der Waals surface area contributed by atoms with Crippen molar-refractivity contribution in [3.63, 3.8) is 0 Å². The van der Waals surface area contributed by atoms with Gasteiger partial charge in [0, 0.05) is 19.1 Å². The average Bonchev–Trinajstić information content (AvgIpc) is 1.87. The van der Waals surface area contributed by atoms with Crippen LogP contribution in [-0.4, -0.2) is 38.1 Å². The van der Waals surface area contributed by atoms with Crippen molar-refractivity contribution in [2.75, 3.05) is 27.2 Å². The molecule has 0 saturated carbocycles. The number of rotatable bonds is 5. The van der Waals surface area contributed by atoms with Crippen molar-refractivity contribution < 1.29 is 0 Å². The smallest absolute Gasteiger partial charge is 0.0219 e. The van der Waals surface area contributed by atoms with E-state index >= 15 is 0 Å². The number of likely N-dealkylation sites (N-methyl/N-ethyl adjacent to an activating group) is 1. The molecule has 0 aliphatic rings. The third kappa shape index (κ3) is 5.79. The fraction of sp³-hybridized carbons (Fsp3) is 0.750. The molecule has 60 valence electrons. The SMILES string of the molecule is C=CC(C)NCCN(C)C. The van der Waals surface area contributed by atoms with Gasteiger partial charge in [0.05, 0.1) is 0 Å². The number of nitrogens with one attached hydrogen (secondary N) is 1. The maximum Gasteiger partial charge on any atom is 0.0219 e. The molecule has 0 amide bonds. The quantitative estimate of drug-likeness (QED) is 0.569. The Morgan fingerprint density at radius 2 is 2.20 bits per heavy atom. The van der Waals surface area contributed by atoms with Gasteiger partial charge in [0.25, 0.3) is 0 Å². The number of hydrogen-bond donors (Lipinski definition) is 1. The second-order valence-corrected chi connectivity index (χ2v) is 2.78. The third-order valence-corrected chi connectivity index (χ3v) is 1.38. The van der Waals surface area contributed by atoms with Crippen LogP contribution in [0.25, 0.3) is 0 Å². The van der Waals surface area contributed by atoms with E-state index in [9.17, 15) is 0 Å². The highest BCUT2D eigenvalue weighted by atomic mass is 15.1. The molecule has 1 atom stereocenters. The molecule has 0 fully saturated rings. The highest BCUT2D eigenvalue weighted by molar-refractivity contribution is 4.80. The molecule has 0 aliphatic carbocycles. The highest BCUT2D eigenvalue weighted by Crippen LogP contribution is 1.80. The normalized spacial score (nSPS) is 13.6. The van der Waals surface area contributed by atoms with Crippen molar-refractivity contribution in [3.05, 3.63) is 12.7 Å². The molecule has 0 rings (SSSR count). The van der Waals surface area contributed by atoms with Gasteiger partial charge in [0.2, 0.25) is 0 Å². The predicted octanol–water partition coefficient (Wildman–Crippen LogP) is 0.712. The topological polar surface area (TPSA) is 15.3 Å². The Balaban J connectivity index is 3.11. The fourth-order valence-electron chi connectivity index (χ4n) is 0.599. The van der Waals surface area contributed by atoms with E-state index in [1.54, 1.807) is 0 Å². The minimum atomic E-state index is 0.431. The van der Waals surface area contributed by atoms with Crippen LogP contribution in [0.4, 0.5) is 0 Å². The van der Waals surface area contributed by atoms with Gasteiger partial charge in [-0.3, -0.25) is 0 Å². The molecule has 1 unspecified atom stereocenters. The molecule has 0 radical (unpaired) electrons. The van der Waals surface area contributed by atoms with Gasteiger partial charge in [-0.2, -0.15) is 0 Å². The monoisotopic (exact) mass is 142 g/mol. The van der Waals surface area contributed by atoms with Crippen LogP contribution < -0.4 is 5.32 Å². The Kier molecular flexibility index (Phi) is 5.26. The molecule has 0 bridgehead atoms. The Bertz CT molecular complexity index is 89.3. The summed E-state index contributed by atoms with van der Waals surface area (Å²) in [7, 11) is 4.14. The van der Waals surface area contributed by atoms with Gasteiger partial charge in [-0.05, 0) is 21.0 Å². The van der Waals surface area contributed by atoms with Gasteiger partial charge < -0.3 is 10.2 Å². The molecule has 0 aromatic carbocycles. The second-order valence-electron chi connectivity index (χ2n) is 2.78. The molecule has 0 saturated heterocycles. The summed E-state index contributed by atoms with van der Waals surface area (Å²) in [5, 5.41) is 3.30. The summed E-state index contributed by atoms with van der Waals surface area (Å²) in [5.74, 6) is 0.